The van der Waals surface area contributed by atoms with Gasteiger partial charge in [0.15, 0.2) is 6.61 Å². The fourth-order valence-corrected chi connectivity index (χ4v) is 3.28. The zero-order valence-electron chi connectivity index (χ0n) is 17.6. The number of nitriles is 1. The van der Waals surface area contributed by atoms with Gasteiger partial charge >= 0.3 is 0 Å². The van der Waals surface area contributed by atoms with Gasteiger partial charge in [0.25, 0.3) is 5.56 Å². The monoisotopic (exact) mass is 436 g/mol. The lowest BCUT2D eigenvalue weighted by Crippen LogP contribution is -2.28. The number of methoxy groups -OCH3 is 1. The molecule has 0 saturated carbocycles. The maximum Gasteiger partial charge on any atom is 0.271 e. The van der Waals surface area contributed by atoms with E-state index in [0.717, 1.165) is 10.1 Å². The number of aryl methyl sites for hydroxylation is 1. The topological polar surface area (TPSA) is 102 Å². The van der Waals surface area contributed by atoms with Gasteiger partial charge in [0.2, 0.25) is 11.7 Å². The third-order valence-corrected chi connectivity index (χ3v) is 5.05. The lowest BCUT2D eigenvalue weighted by Gasteiger charge is -2.16. The molecule has 0 aliphatic heterocycles. The van der Waals surface area contributed by atoms with Gasteiger partial charge < -0.3 is 14.6 Å². The van der Waals surface area contributed by atoms with Gasteiger partial charge in [0.1, 0.15) is 28.9 Å². The van der Waals surface area contributed by atoms with Crippen molar-refractivity contribution in [3.63, 3.8) is 0 Å². The fraction of sp³-hybridized carbons (Fsp3) is 0.208. The number of hydrogen-bond acceptors (Lipinski definition) is 6. The van der Waals surface area contributed by atoms with Crippen LogP contribution in [-0.4, -0.2) is 29.2 Å². The zero-order valence-corrected chi connectivity index (χ0v) is 17.6. The second-order valence-corrected chi connectivity index (χ2v) is 7.03. The lowest BCUT2D eigenvalue weighted by molar-refractivity contribution is 0.0916. The van der Waals surface area contributed by atoms with Crippen LogP contribution in [0.1, 0.15) is 27.0 Å². The number of nitrogens with zero attached hydrogens (tertiary/aromatic N) is 2. The van der Waals surface area contributed by atoms with Crippen LogP contribution in [0.3, 0.4) is 0 Å². The van der Waals surface area contributed by atoms with Crippen molar-refractivity contribution in [1.82, 2.24) is 4.57 Å². The average molecular weight is 436 g/mol. The molecule has 0 spiro atoms. The number of rotatable bonds is 8. The van der Waals surface area contributed by atoms with Crippen LogP contribution in [0.25, 0.3) is 0 Å². The summed E-state index contributed by atoms with van der Waals surface area (Å²) in [7, 11) is 1.56. The second kappa shape index (κ2) is 9.79. The van der Waals surface area contributed by atoms with E-state index in [2.05, 4.69) is 0 Å². The van der Waals surface area contributed by atoms with Crippen molar-refractivity contribution in [1.29, 1.82) is 5.26 Å². The Kier molecular flexibility index (Phi) is 6.90. The second-order valence-electron chi connectivity index (χ2n) is 7.03. The maximum atomic E-state index is 13.0. The van der Waals surface area contributed by atoms with Gasteiger partial charge in [-0.25, -0.2) is 4.39 Å². The molecule has 0 radical (unpaired) electrons. The molecule has 0 bridgehead atoms. The largest absolute Gasteiger partial charge is 0.497 e. The predicted molar refractivity (Wildman–Crippen MR) is 115 cm³/mol. The van der Waals surface area contributed by atoms with E-state index in [1.807, 2.05) is 18.2 Å². The van der Waals surface area contributed by atoms with Gasteiger partial charge in [-0.05, 0) is 60.9 Å². The van der Waals surface area contributed by atoms with Gasteiger partial charge in [0, 0.05) is 6.54 Å². The van der Waals surface area contributed by atoms with Gasteiger partial charge in [-0.1, -0.05) is 12.1 Å². The summed E-state index contributed by atoms with van der Waals surface area (Å²) in [5.41, 5.74) is -0.0835. The Balaban J connectivity index is 1.88. The summed E-state index contributed by atoms with van der Waals surface area (Å²) < 4.78 is 24.5. The molecule has 1 aromatic heterocycles. The molecule has 164 valence electrons. The number of ketones is 1. The quantitative estimate of drug-likeness (QED) is 0.543. The Labute approximate surface area is 183 Å². The summed E-state index contributed by atoms with van der Waals surface area (Å²) in [4.78, 5) is 25.5. The van der Waals surface area contributed by atoms with E-state index < -0.39 is 29.6 Å². The van der Waals surface area contributed by atoms with Crippen LogP contribution in [0.5, 0.6) is 17.4 Å². The van der Waals surface area contributed by atoms with Crippen molar-refractivity contribution < 1.29 is 23.8 Å². The maximum absolute atomic E-state index is 13.0. The van der Waals surface area contributed by atoms with Gasteiger partial charge in [0.05, 0.1) is 12.7 Å². The molecule has 2 aromatic carbocycles. The first kappa shape index (κ1) is 22.6. The zero-order chi connectivity index (χ0) is 23.3. The number of hydrogen-bond donors (Lipinski definition) is 1. The number of aromatic nitrogens is 1. The highest BCUT2D eigenvalue weighted by Crippen LogP contribution is 2.23. The van der Waals surface area contributed by atoms with Crippen LogP contribution >= 0.6 is 0 Å². The minimum atomic E-state index is -0.674. The van der Waals surface area contributed by atoms with Gasteiger partial charge in [-0.2, -0.15) is 5.26 Å². The Bertz CT molecular complexity index is 1230. The molecule has 0 aliphatic carbocycles. The highest BCUT2D eigenvalue weighted by molar-refractivity contribution is 6.01. The summed E-state index contributed by atoms with van der Waals surface area (Å²) in [6.07, 6.45) is 0.380. The smallest absolute Gasteiger partial charge is 0.271 e. The minimum absolute atomic E-state index is 0.0606. The van der Waals surface area contributed by atoms with Crippen molar-refractivity contribution in [3.8, 4) is 23.4 Å². The Morgan fingerprint density at radius 3 is 2.34 bits per heavy atom. The van der Waals surface area contributed by atoms with Gasteiger partial charge in [-0.3, -0.25) is 14.2 Å². The van der Waals surface area contributed by atoms with Crippen LogP contribution in [0.15, 0.2) is 53.3 Å². The summed E-state index contributed by atoms with van der Waals surface area (Å²) in [6.45, 7) is 1.03. The molecule has 0 amide bonds. The molecule has 0 aliphatic rings. The van der Waals surface area contributed by atoms with E-state index in [0.29, 0.717) is 12.2 Å². The number of ether oxygens (including phenoxy) is 2. The first-order chi connectivity index (χ1) is 15.3. The Morgan fingerprint density at radius 2 is 1.75 bits per heavy atom. The van der Waals surface area contributed by atoms with Crippen molar-refractivity contribution in [2.45, 2.75) is 19.9 Å². The normalized spacial score (nSPS) is 10.4. The highest BCUT2D eigenvalue weighted by Gasteiger charge is 2.24. The molecule has 0 unspecified atom stereocenters. The Hall–Kier alpha value is -4.12. The first-order valence-electron chi connectivity index (χ1n) is 9.76. The molecule has 0 saturated heterocycles. The molecule has 1 N–H and O–H groups in total. The van der Waals surface area contributed by atoms with Crippen molar-refractivity contribution in [3.05, 3.63) is 87.0 Å². The minimum Gasteiger partial charge on any atom is -0.497 e. The molecule has 1 heterocycles. The lowest BCUT2D eigenvalue weighted by atomic mass is 10.0. The van der Waals surface area contributed by atoms with Crippen LogP contribution in [0.4, 0.5) is 4.39 Å². The number of halogens is 1. The summed E-state index contributed by atoms with van der Waals surface area (Å²) in [6, 6.07) is 14.1. The molecule has 0 atom stereocenters. The molecule has 3 rings (SSSR count). The van der Waals surface area contributed by atoms with Crippen molar-refractivity contribution >= 4 is 5.78 Å². The van der Waals surface area contributed by atoms with Crippen LogP contribution in [0.2, 0.25) is 0 Å². The molecular weight excluding hydrogens is 415 g/mol. The van der Waals surface area contributed by atoms with Crippen molar-refractivity contribution in [2.75, 3.05) is 13.7 Å². The molecule has 3 aromatic rings. The number of carbonyl (C=O) groups excluding carboxylic acids is 1. The van der Waals surface area contributed by atoms with E-state index in [1.165, 1.54) is 31.2 Å². The standard InChI is InChI=1S/C24H21FN2O5/c1-15-20(13-26)23(29)27(12-11-16-3-7-18(31-2)8-4-16)24(30)22(15)21(28)14-32-19-9-5-17(25)6-10-19/h3-10,30H,11-12,14H2,1-2H3. The van der Waals surface area contributed by atoms with E-state index in [9.17, 15) is 24.3 Å². The summed E-state index contributed by atoms with van der Waals surface area (Å²) >= 11 is 0. The predicted octanol–water partition coefficient (Wildman–Crippen LogP) is 3.39. The van der Waals surface area contributed by atoms with Crippen LogP contribution in [-0.2, 0) is 13.0 Å². The molecule has 32 heavy (non-hydrogen) atoms. The SMILES string of the molecule is COc1ccc(CCn2c(O)c(C(=O)COc3ccc(F)cc3)c(C)c(C#N)c2=O)cc1. The summed E-state index contributed by atoms with van der Waals surface area (Å²) in [5.74, 6) is -0.623. The van der Waals surface area contributed by atoms with Crippen LogP contribution in [0, 0.1) is 24.1 Å². The molecule has 0 fully saturated rings. The number of benzene rings is 2. The van der Waals surface area contributed by atoms with Crippen LogP contribution < -0.4 is 15.0 Å². The number of pyridine rings is 1. The first-order valence-corrected chi connectivity index (χ1v) is 9.76. The molecule has 7 nitrogen and oxygen atoms in total. The van der Waals surface area contributed by atoms with E-state index in [1.54, 1.807) is 19.2 Å². The molecular formula is C24H21FN2O5. The average Bonchev–Trinajstić information content (AvgIpc) is 2.79. The van der Waals surface area contributed by atoms with E-state index in [-0.39, 0.29) is 29.0 Å². The molecule has 8 heteroatoms. The Morgan fingerprint density at radius 1 is 1.12 bits per heavy atom. The number of carbonyl (C=O) groups is 1. The number of Topliss-reactive ketones (excluding diaryl/α,β-unsaturated/α-hetero) is 1. The van der Waals surface area contributed by atoms with E-state index in [4.69, 9.17) is 9.47 Å². The van der Waals surface area contributed by atoms with Crippen molar-refractivity contribution in [2.24, 2.45) is 0 Å². The number of aromatic hydroxyl groups is 1. The van der Waals surface area contributed by atoms with E-state index >= 15 is 0 Å². The third kappa shape index (κ3) is 4.78. The fourth-order valence-electron chi connectivity index (χ4n) is 3.28. The summed E-state index contributed by atoms with van der Waals surface area (Å²) in [5, 5.41) is 20.2. The third-order valence-electron chi connectivity index (χ3n) is 5.05. The van der Waals surface area contributed by atoms with Gasteiger partial charge in [-0.15, -0.1) is 0 Å². The highest BCUT2D eigenvalue weighted by atomic mass is 19.1.